The molecular formula is C25H22N4O2. The monoisotopic (exact) mass is 410 g/mol. The van der Waals surface area contributed by atoms with Crippen molar-refractivity contribution in [3.05, 3.63) is 90.1 Å². The molecule has 6 heteroatoms. The van der Waals surface area contributed by atoms with Crippen LogP contribution in [-0.4, -0.2) is 34.1 Å². The second kappa shape index (κ2) is 7.72. The number of hydrogen-bond acceptors (Lipinski definition) is 4. The number of anilines is 1. The summed E-state index contributed by atoms with van der Waals surface area (Å²) >= 11 is 0. The van der Waals surface area contributed by atoms with Crippen LogP contribution in [0.2, 0.25) is 0 Å². The fourth-order valence-corrected chi connectivity index (χ4v) is 4.11. The van der Waals surface area contributed by atoms with Gasteiger partial charge in [-0.2, -0.15) is 0 Å². The third kappa shape index (κ3) is 3.36. The lowest BCUT2D eigenvalue weighted by Gasteiger charge is -2.18. The second-order valence-corrected chi connectivity index (χ2v) is 7.54. The van der Waals surface area contributed by atoms with Gasteiger partial charge in [-0.05, 0) is 43.7 Å². The molecule has 0 unspecified atom stereocenters. The van der Waals surface area contributed by atoms with E-state index in [4.69, 9.17) is 4.74 Å². The Kier molecular flexibility index (Phi) is 4.75. The molecule has 0 aliphatic carbocycles. The van der Waals surface area contributed by atoms with E-state index in [9.17, 15) is 4.79 Å². The lowest BCUT2D eigenvalue weighted by molar-refractivity contribution is 0.0989. The molecule has 1 amide bonds. The first-order valence-electron chi connectivity index (χ1n) is 10.2. The standard InChI is InChI=1S/C25H22N4O2/c1-17-15-28(16-27-17)22-9-8-19(14-23(22)31-2)24-20-11-13-29(21(20)10-12-26-24)25(30)18-6-4-3-5-7-18/h3-10,12,14-16H,11,13H2,1-2H3. The zero-order valence-electron chi connectivity index (χ0n) is 17.4. The molecule has 6 nitrogen and oxygen atoms in total. The Hall–Kier alpha value is -3.93. The van der Waals surface area contributed by atoms with Crippen molar-refractivity contribution >= 4 is 11.6 Å². The molecule has 31 heavy (non-hydrogen) atoms. The number of aromatic nitrogens is 3. The topological polar surface area (TPSA) is 60.2 Å². The molecule has 5 rings (SSSR count). The van der Waals surface area contributed by atoms with Crippen LogP contribution in [0.1, 0.15) is 21.6 Å². The zero-order chi connectivity index (χ0) is 21.4. The smallest absolute Gasteiger partial charge is 0.258 e. The zero-order valence-corrected chi connectivity index (χ0v) is 17.4. The number of aryl methyl sites for hydroxylation is 1. The summed E-state index contributed by atoms with van der Waals surface area (Å²) in [6.45, 7) is 2.60. The maximum absolute atomic E-state index is 13.0. The molecule has 0 radical (unpaired) electrons. The van der Waals surface area contributed by atoms with Crippen molar-refractivity contribution in [2.75, 3.05) is 18.6 Å². The molecule has 2 aromatic heterocycles. The molecule has 1 aliphatic heterocycles. The Morgan fingerprint density at radius 3 is 2.61 bits per heavy atom. The minimum absolute atomic E-state index is 0.0138. The molecule has 0 saturated carbocycles. The Morgan fingerprint density at radius 1 is 1.03 bits per heavy atom. The maximum atomic E-state index is 13.0. The van der Waals surface area contributed by atoms with Crippen molar-refractivity contribution in [1.29, 1.82) is 0 Å². The summed E-state index contributed by atoms with van der Waals surface area (Å²) in [5.74, 6) is 0.754. The van der Waals surface area contributed by atoms with E-state index in [0.717, 1.165) is 46.1 Å². The average Bonchev–Trinajstić information content (AvgIpc) is 3.45. The van der Waals surface area contributed by atoms with Crippen molar-refractivity contribution in [3.63, 3.8) is 0 Å². The summed E-state index contributed by atoms with van der Waals surface area (Å²) in [4.78, 5) is 23.8. The number of methoxy groups -OCH3 is 1. The Balaban J connectivity index is 1.53. The molecule has 2 aromatic carbocycles. The number of carbonyl (C=O) groups excluding carboxylic acids is 1. The minimum atomic E-state index is 0.0138. The van der Waals surface area contributed by atoms with Gasteiger partial charge in [-0.15, -0.1) is 0 Å². The van der Waals surface area contributed by atoms with Gasteiger partial charge in [0.15, 0.2) is 0 Å². The average molecular weight is 410 g/mol. The van der Waals surface area contributed by atoms with Crippen LogP contribution in [0.5, 0.6) is 5.75 Å². The highest BCUT2D eigenvalue weighted by atomic mass is 16.5. The predicted octanol–water partition coefficient (Wildman–Crippen LogP) is 4.45. The predicted molar refractivity (Wildman–Crippen MR) is 120 cm³/mol. The molecule has 0 spiro atoms. The van der Waals surface area contributed by atoms with Crippen LogP contribution in [-0.2, 0) is 6.42 Å². The molecule has 4 aromatic rings. The van der Waals surface area contributed by atoms with E-state index in [1.807, 2.05) is 77.2 Å². The summed E-state index contributed by atoms with van der Waals surface area (Å²) in [5, 5.41) is 0. The van der Waals surface area contributed by atoms with Crippen molar-refractivity contribution in [3.8, 4) is 22.7 Å². The van der Waals surface area contributed by atoms with E-state index < -0.39 is 0 Å². The number of amides is 1. The highest BCUT2D eigenvalue weighted by molar-refractivity contribution is 6.07. The Bertz CT molecular complexity index is 1260. The lowest BCUT2D eigenvalue weighted by Crippen LogP contribution is -2.28. The molecule has 0 bridgehead atoms. The maximum Gasteiger partial charge on any atom is 0.258 e. The number of nitrogens with zero attached hydrogens (tertiary/aromatic N) is 4. The molecule has 0 atom stereocenters. The fraction of sp³-hybridized carbons (Fsp3) is 0.160. The Morgan fingerprint density at radius 2 is 1.87 bits per heavy atom. The van der Waals surface area contributed by atoms with Gasteiger partial charge in [0.05, 0.1) is 36.2 Å². The lowest BCUT2D eigenvalue weighted by atomic mass is 10.0. The second-order valence-electron chi connectivity index (χ2n) is 7.54. The third-order valence-corrected chi connectivity index (χ3v) is 5.62. The molecule has 3 heterocycles. The number of carbonyl (C=O) groups is 1. The summed E-state index contributed by atoms with van der Waals surface area (Å²) < 4.78 is 7.61. The molecule has 1 aliphatic rings. The molecule has 154 valence electrons. The highest BCUT2D eigenvalue weighted by Gasteiger charge is 2.28. The quantitative estimate of drug-likeness (QED) is 0.499. The highest BCUT2D eigenvalue weighted by Crippen LogP contribution is 2.37. The number of hydrogen-bond donors (Lipinski definition) is 0. The largest absolute Gasteiger partial charge is 0.495 e. The number of ether oxygens (including phenoxy) is 1. The van der Waals surface area contributed by atoms with Crippen molar-refractivity contribution in [2.45, 2.75) is 13.3 Å². The molecule has 0 N–H and O–H groups in total. The number of rotatable bonds is 4. The van der Waals surface area contributed by atoms with Gasteiger partial charge in [0.2, 0.25) is 0 Å². The van der Waals surface area contributed by atoms with Crippen LogP contribution in [0.3, 0.4) is 0 Å². The molecule has 0 fully saturated rings. The fourth-order valence-electron chi connectivity index (χ4n) is 4.11. The number of fused-ring (bicyclic) bond motifs is 1. The summed E-state index contributed by atoms with van der Waals surface area (Å²) in [7, 11) is 1.66. The third-order valence-electron chi connectivity index (χ3n) is 5.62. The van der Waals surface area contributed by atoms with Crippen LogP contribution in [0.15, 0.2) is 73.3 Å². The van der Waals surface area contributed by atoms with Crippen LogP contribution < -0.4 is 9.64 Å². The van der Waals surface area contributed by atoms with Crippen LogP contribution in [0.4, 0.5) is 5.69 Å². The van der Waals surface area contributed by atoms with E-state index in [0.29, 0.717) is 12.1 Å². The number of benzene rings is 2. The van der Waals surface area contributed by atoms with Gasteiger partial charge < -0.3 is 14.2 Å². The first kappa shape index (κ1) is 19.1. The van der Waals surface area contributed by atoms with Gasteiger partial charge in [0, 0.05) is 35.6 Å². The first-order chi connectivity index (χ1) is 15.2. The molecular weight excluding hydrogens is 388 g/mol. The van der Waals surface area contributed by atoms with Crippen molar-refractivity contribution < 1.29 is 9.53 Å². The van der Waals surface area contributed by atoms with Gasteiger partial charge >= 0.3 is 0 Å². The van der Waals surface area contributed by atoms with Crippen LogP contribution in [0, 0.1) is 6.92 Å². The van der Waals surface area contributed by atoms with Gasteiger partial charge in [-0.25, -0.2) is 4.98 Å². The van der Waals surface area contributed by atoms with Gasteiger partial charge in [-0.1, -0.05) is 24.3 Å². The van der Waals surface area contributed by atoms with Crippen molar-refractivity contribution in [1.82, 2.24) is 14.5 Å². The number of imidazole rings is 1. The van der Waals surface area contributed by atoms with E-state index in [2.05, 4.69) is 9.97 Å². The minimum Gasteiger partial charge on any atom is -0.495 e. The van der Waals surface area contributed by atoms with Gasteiger partial charge in [-0.3, -0.25) is 9.78 Å². The normalized spacial score (nSPS) is 12.6. The van der Waals surface area contributed by atoms with Crippen molar-refractivity contribution in [2.24, 2.45) is 0 Å². The van der Waals surface area contributed by atoms with E-state index in [-0.39, 0.29) is 5.91 Å². The van der Waals surface area contributed by atoms with E-state index in [1.165, 1.54) is 0 Å². The summed E-state index contributed by atoms with van der Waals surface area (Å²) in [5.41, 5.74) is 6.40. The molecule has 0 saturated heterocycles. The van der Waals surface area contributed by atoms with Crippen LogP contribution in [0.25, 0.3) is 16.9 Å². The van der Waals surface area contributed by atoms with Crippen LogP contribution >= 0.6 is 0 Å². The first-order valence-corrected chi connectivity index (χ1v) is 10.2. The van der Waals surface area contributed by atoms with E-state index >= 15 is 0 Å². The van der Waals surface area contributed by atoms with E-state index in [1.54, 1.807) is 19.6 Å². The van der Waals surface area contributed by atoms with Gasteiger partial charge in [0.25, 0.3) is 5.91 Å². The SMILES string of the molecule is COc1cc(-c2nccc3c2CCN3C(=O)c2ccccc2)ccc1-n1cnc(C)c1. The van der Waals surface area contributed by atoms with Gasteiger partial charge in [0.1, 0.15) is 5.75 Å². The number of pyridine rings is 1. The Labute approximate surface area is 180 Å². The summed E-state index contributed by atoms with van der Waals surface area (Å²) in [6.07, 6.45) is 6.27. The summed E-state index contributed by atoms with van der Waals surface area (Å²) in [6, 6.07) is 17.4.